The zero-order chi connectivity index (χ0) is 12.9. The molecule has 1 aromatic carbocycles. The van der Waals surface area contributed by atoms with Gasteiger partial charge in [0.2, 0.25) is 10.0 Å². The van der Waals surface area contributed by atoms with Gasteiger partial charge in [0.15, 0.2) is 5.25 Å². The molecule has 1 atom stereocenters. The van der Waals surface area contributed by atoms with Crippen LogP contribution in [0, 0.1) is 11.3 Å². The summed E-state index contributed by atoms with van der Waals surface area (Å²) < 4.78 is 25.2. The van der Waals surface area contributed by atoms with E-state index in [9.17, 15) is 8.42 Å². The van der Waals surface area contributed by atoms with E-state index in [1.807, 2.05) is 0 Å². The van der Waals surface area contributed by atoms with E-state index in [1.165, 1.54) is 6.92 Å². The lowest BCUT2D eigenvalue weighted by molar-refractivity contribution is 0.475. The van der Waals surface area contributed by atoms with Crippen molar-refractivity contribution >= 4 is 10.0 Å². The Hall–Kier alpha value is -1.58. The summed E-state index contributed by atoms with van der Waals surface area (Å²) >= 11 is 0. The fraction of sp³-hybridized carbons (Fsp3) is 0.364. The van der Waals surface area contributed by atoms with Gasteiger partial charge in [-0.2, -0.15) is 5.26 Å². The van der Waals surface area contributed by atoms with E-state index in [0.29, 0.717) is 6.42 Å². The smallest absolute Gasteiger partial charge is 0.227 e. The number of rotatable bonds is 5. The van der Waals surface area contributed by atoms with Crippen LogP contribution in [0.25, 0.3) is 0 Å². The van der Waals surface area contributed by atoms with Crippen molar-refractivity contribution in [3.05, 3.63) is 29.8 Å². The zero-order valence-electron chi connectivity index (χ0n) is 9.42. The van der Waals surface area contributed by atoms with Crippen LogP contribution in [-0.2, 0) is 16.4 Å². The first-order valence-corrected chi connectivity index (χ1v) is 6.66. The Labute approximate surface area is 101 Å². The Kier molecular flexibility index (Phi) is 4.49. The normalized spacial score (nSPS) is 12.9. The molecule has 2 N–H and O–H groups in total. The number of nitrogens with one attached hydrogen (secondary N) is 1. The van der Waals surface area contributed by atoms with Gasteiger partial charge in [0.1, 0.15) is 5.75 Å². The van der Waals surface area contributed by atoms with Crippen LogP contribution in [0.15, 0.2) is 24.3 Å². The van der Waals surface area contributed by atoms with E-state index in [4.69, 9.17) is 10.4 Å². The summed E-state index contributed by atoms with van der Waals surface area (Å²) in [4.78, 5) is 0. The van der Waals surface area contributed by atoms with E-state index in [-0.39, 0.29) is 12.3 Å². The number of hydrogen-bond acceptors (Lipinski definition) is 4. The van der Waals surface area contributed by atoms with Gasteiger partial charge in [0.25, 0.3) is 0 Å². The quantitative estimate of drug-likeness (QED) is 0.812. The number of phenols is 1. The van der Waals surface area contributed by atoms with Crippen molar-refractivity contribution < 1.29 is 13.5 Å². The average Bonchev–Trinajstić information content (AvgIpc) is 2.30. The third-order valence-corrected chi connectivity index (χ3v) is 3.94. The van der Waals surface area contributed by atoms with Crippen LogP contribution in [0.1, 0.15) is 12.5 Å². The molecule has 1 unspecified atom stereocenters. The predicted octanol–water partition coefficient (Wildman–Crippen LogP) is 0.766. The predicted molar refractivity (Wildman–Crippen MR) is 63.8 cm³/mol. The molecule has 0 aliphatic carbocycles. The topological polar surface area (TPSA) is 90.2 Å². The third kappa shape index (κ3) is 4.06. The molecule has 0 bridgehead atoms. The summed E-state index contributed by atoms with van der Waals surface area (Å²) in [6.07, 6.45) is 0.512. The van der Waals surface area contributed by atoms with Gasteiger partial charge in [-0.1, -0.05) is 12.1 Å². The van der Waals surface area contributed by atoms with Crippen molar-refractivity contribution in [2.45, 2.75) is 18.6 Å². The van der Waals surface area contributed by atoms with Crippen molar-refractivity contribution in [1.29, 1.82) is 5.26 Å². The number of hydrogen-bond donors (Lipinski definition) is 2. The Morgan fingerprint density at radius 1 is 1.41 bits per heavy atom. The Balaban J connectivity index is 2.49. The van der Waals surface area contributed by atoms with E-state index in [2.05, 4.69) is 4.72 Å². The first kappa shape index (κ1) is 13.5. The van der Waals surface area contributed by atoms with E-state index in [1.54, 1.807) is 30.3 Å². The number of phenolic OH excluding ortho intramolecular Hbond substituents is 1. The van der Waals surface area contributed by atoms with Gasteiger partial charge < -0.3 is 5.11 Å². The molecule has 0 amide bonds. The summed E-state index contributed by atoms with van der Waals surface area (Å²) in [7, 11) is -3.55. The first-order valence-electron chi connectivity index (χ1n) is 5.11. The highest BCUT2D eigenvalue weighted by Crippen LogP contribution is 2.09. The lowest BCUT2D eigenvalue weighted by atomic mass is 10.1. The number of sulfonamides is 1. The maximum absolute atomic E-state index is 11.4. The summed E-state index contributed by atoms with van der Waals surface area (Å²) in [5.41, 5.74) is 0.912. The highest BCUT2D eigenvalue weighted by molar-refractivity contribution is 7.90. The van der Waals surface area contributed by atoms with Crippen LogP contribution in [-0.4, -0.2) is 25.3 Å². The van der Waals surface area contributed by atoms with Crippen molar-refractivity contribution in [3.8, 4) is 11.8 Å². The van der Waals surface area contributed by atoms with Crippen molar-refractivity contribution in [2.75, 3.05) is 6.54 Å². The van der Waals surface area contributed by atoms with Crippen molar-refractivity contribution in [2.24, 2.45) is 0 Å². The summed E-state index contributed by atoms with van der Waals surface area (Å²) in [5.74, 6) is 0.174. The minimum absolute atomic E-state index is 0.174. The molecule has 0 aliphatic rings. The van der Waals surface area contributed by atoms with Crippen molar-refractivity contribution in [3.63, 3.8) is 0 Å². The summed E-state index contributed by atoms with van der Waals surface area (Å²) in [6, 6.07) is 8.20. The van der Waals surface area contributed by atoms with Gasteiger partial charge in [-0.3, -0.25) is 0 Å². The Bertz CT molecular complexity index is 503. The van der Waals surface area contributed by atoms with Crippen LogP contribution >= 0.6 is 0 Å². The molecule has 0 heterocycles. The highest BCUT2D eigenvalue weighted by atomic mass is 32.2. The van der Waals surface area contributed by atoms with E-state index >= 15 is 0 Å². The second-order valence-corrected chi connectivity index (χ2v) is 5.71. The monoisotopic (exact) mass is 254 g/mol. The maximum atomic E-state index is 11.4. The van der Waals surface area contributed by atoms with Gasteiger partial charge in [0.05, 0.1) is 6.07 Å². The average molecular weight is 254 g/mol. The van der Waals surface area contributed by atoms with Crippen LogP contribution in [0.5, 0.6) is 5.75 Å². The molecule has 0 saturated heterocycles. The second kappa shape index (κ2) is 5.66. The lowest BCUT2D eigenvalue weighted by Crippen LogP contribution is -2.33. The third-order valence-electron chi connectivity index (χ3n) is 2.30. The molecule has 1 aromatic rings. The molecule has 0 aliphatic heterocycles. The largest absolute Gasteiger partial charge is 0.508 e. The first-order chi connectivity index (χ1) is 7.95. The van der Waals surface area contributed by atoms with Gasteiger partial charge >= 0.3 is 0 Å². The fourth-order valence-electron chi connectivity index (χ4n) is 1.19. The molecular formula is C11H14N2O3S. The maximum Gasteiger partial charge on any atom is 0.227 e. The molecule has 17 heavy (non-hydrogen) atoms. The number of nitrogens with zero attached hydrogens (tertiary/aromatic N) is 1. The molecule has 5 nitrogen and oxygen atoms in total. The SMILES string of the molecule is CC(C#N)S(=O)(=O)NCCc1ccc(O)cc1. The van der Waals surface area contributed by atoms with Crippen LogP contribution in [0.3, 0.4) is 0 Å². The molecule has 0 radical (unpaired) electrons. The number of nitriles is 1. The fourth-order valence-corrected chi connectivity index (χ4v) is 1.97. The molecule has 0 spiro atoms. The highest BCUT2D eigenvalue weighted by Gasteiger charge is 2.18. The van der Waals surface area contributed by atoms with Gasteiger partial charge in [-0.25, -0.2) is 13.1 Å². The molecule has 0 aromatic heterocycles. The van der Waals surface area contributed by atoms with E-state index < -0.39 is 15.3 Å². The number of aromatic hydroxyl groups is 1. The molecule has 0 saturated carbocycles. The molecule has 92 valence electrons. The molecule has 1 rings (SSSR count). The standard InChI is InChI=1S/C11H14N2O3S/c1-9(8-12)17(15,16)13-7-6-10-2-4-11(14)5-3-10/h2-5,9,13-14H,6-7H2,1H3. The summed E-state index contributed by atoms with van der Waals surface area (Å²) in [6.45, 7) is 1.57. The second-order valence-electron chi connectivity index (χ2n) is 3.63. The minimum Gasteiger partial charge on any atom is -0.508 e. The van der Waals surface area contributed by atoms with E-state index in [0.717, 1.165) is 5.56 Å². The molecule has 6 heteroatoms. The molecular weight excluding hydrogens is 240 g/mol. The zero-order valence-corrected chi connectivity index (χ0v) is 10.2. The van der Waals surface area contributed by atoms with Crippen LogP contribution in [0.2, 0.25) is 0 Å². The molecule has 0 fully saturated rings. The minimum atomic E-state index is -3.55. The van der Waals surface area contributed by atoms with Crippen LogP contribution in [0.4, 0.5) is 0 Å². The van der Waals surface area contributed by atoms with Gasteiger partial charge in [-0.05, 0) is 31.0 Å². The van der Waals surface area contributed by atoms with Crippen molar-refractivity contribution in [1.82, 2.24) is 4.72 Å². The summed E-state index contributed by atoms with van der Waals surface area (Å²) in [5, 5.41) is 16.5. The Morgan fingerprint density at radius 2 is 2.00 bits per heavy atom. The van der Waals surface area contributed by atoms with Crippen LogP contribution < -0.4 is 4.72 Å². The van der Waals surface area contributed by atoms with Gasteiger partial charge in [-0.15, -0.1) is 0 Å². The Morgan fingerprint density at radius 3 is 2.53 bits per heavy atom. The lowest BCUT2D eigenvalue weighted by Gasteiger charge is -2.07. The van der Waals surface area contributed by atoms with Gasteiger partial charge in [0, 0.05) is 6.54 Å². The number of benzene rings is 1.